The zero-order valence-corrected chi connectivity index (χ0v) is 15.6. The van der Waals surface area contributed by atoms with Crippen LogP contribution in [0.3, 0.4) is 0 Å². The molecular weight excluding hydrogens is 378 g/mol. The molecule has 0 aliphatic heterocycles. The molecule has 0 saturated carbocycles. The number of esters is 1. The molecule has 0 heterocycles. The number of benzene rings is 1. The van der Waals surface area contributed by atoms with Crippen LogP contribution in [0.25, 0.3) is 6.08 Å². The molecule has 2 N–H and O–H groups in total. The van der Waals surface area contributed by atoms with Crippen molar-refractivity contribution in [3.63, 3.8) is 0 Å². The molecule has 0 aliphatic rings. The smallest absolute Gasteiger partial charge is 0.331 e. The summed E-state index contributed by atoms with van der Waals surface area (Å²) in [6, 6.07) is 3.25. The van der Waals surface area contributed by atoms with Crippen LogP contribution in [-0.4, -0.2) is 36.7 Å². The van der Waals surface area contributed by atoms with Crippen molar-refractivity contribution < 1.29 is 24.2 Å². The van der Waals surface area contributed by atoms with Crippen molar-refractivity contribution in [2.75, 3.05) is 13.7 Å². The lowest BCUT2D eigenvalue weighted by molar-refractivity contribution is -0.144. The molecule has 0 unspecified atom stereocenters. The quantitative estimate of drug-likeness (QED) is 0.518. The molecule has 0 aliphatic carbocycles. The Kier molecular flexibility index (Phi) is 8.32. The molecule has 1 rings (SSSR count). The Bertz CT molecular complexity index is 615. The molecule has 0 radical (unpaired) electrons. The Hall–Kier alpha value is -2.02. The minimum atomic E-state index is -0.628. The molecule has 1 aromatic carbocycles. The Balaban J connectivity index is 2.55. The van der Waals surface area contributed by atoms with E-state index in [2.05, 4.69) is 21.2 Å². The number of aromatic hydroxyl groups is 1. The van der Waals surface area contributed by atoms with Gasteiger partial charge in [0.05, 0.1) is 11.6 Å². The number of carbonyl (C=O) groups excluding carboxylic acids is 2. The van der Waals surface area contributed by atoms with Gasteiger partial charge in [0.25, 0.3) is 5.91 Å². The van der Waals surface area contributed by atoms with E-state index in [0.29, 0.717) is 10.0 Å². The Labute approximate surface area is 150 Å². The summed E-state index contributed by atoms with van der Waals surface area (Å²) in [4.78, 5) is 23.3. The number of hydrogen-bond donors (Lipinski definition) is 2. The number of hydrogen-bond acceptors (Lipinski definition) is 5. The fourth-order valence-corrected chi connectivity index (χ4v) is 2.48. The fraction of sp³-hybridized carbons (Fsp3) is 0.412. The number of amides is 1. The zero-order valence-electron chi connectivity index (χ0n) is 14.0. The van der Waals surface area contributed by atoms with E-state index in [1.54, 1.807) is 12.1 Å². The summed E-state index contributed by atoms with van der Waals surface area (Å²) >= 11 is 3.20. The molecule has 0 bridgehead atoms. The van der Waals surface area contributed by atoms with E-state index in [1.165, 1.54) is 19.3 Å². The SMILES string of the molecule is CCC[C@@H](C)NC(=O)COC(=O)/C=C/c1cc(Br)c(O)c(OC)c1. The predicted molar refractivity (Wildman–Crippen MR) is 94.9 cm³/mol. The molecule has 0 fully saturated rings. The van der Waals surface area contributed by atoms with Crippen LogP contribution in [0.1, 0.15) is 32.3 Å². The van der Waals surface area contributed by atoms with Gasteiger partial charge in [0.15, 0.2) is 18.1 Å². The maximum atomic E-state index is 11.7. The van der Waals surface area contributed by atoms with Crippen LogP contribution >= 0.6 is 15.9 Å². The van der Waals surface area contributed by atoms with Crippen molar-refractivity contribution in [3.8, 4) is 11.5 Å². The largest absolute Gasteiger partial charge is 0.503 e. The van der Waals surface area contributed by atoms with Gasteiger partial charge < -0.3 is 19.9 Å². The number of halogens is 1. The maximum Gasteiger partial charge on any atom is 0.331 e. The van der Waals surface area contributed by atoms with Crippen LogP contribution in [-0.2, 0) is 14.3 Å². The Morgan fingerprint density at radius 1 is 1.42 bits per heavy atom. The minimum Gasteiger partial charge on any atom is -0.503 e. The summed E-state index contributed by atoms with van der Waals surface area (Å²) in [5.74, 6) is -0.694. The van der Waals surface area contributed by atoms with Gasteiger partial charge in [-0.1, -0.05) is 13.3 Å². The van der Waals surface area contributed by atoms with Crippen LogP contribution < -0.4 is 10.1 Å². The lowest BCUT2D eigenvalue weighted by Gasteiger charge is -2.12. The van der Waals surface area contributed by atoms with Gasteiger partial charge in [-0.05, 0) is 53.0 Å². The number of phenols is 1. The summed E-state index contributed by atoms with van der Waals surface area (Å²) in [5, 5.41) is 12.5. The summed E-state index contributed by atoms with van der Waals surface area (Å²) in [6.07, 6.45) is 4.56. The number of rotatable bonds is 8. The second kappa shape index (κ2) is 9.97. The minimum absolute atomic E-state index is 0.0184. The molecule has 0 spiro atoms. The number of phenolic OH excluding ortho intramolecular Hbond substituents is 1. The van der Waals surface area contributed by atoms with Crippen LogP contribution in [0, 0.1) is 0 Å². The number of methoxy groups -OCH3 is 1. The number of ether oxygens (including phenoxy) is 2. The van der Waals surface area contributed by atoms with Crippen molar-refractivity contribution >= 4 is 33.9 Å². The molecule has 0 aromatic heterocycles. The van der Waals surface area contributed by atoms with E-state index in [-0.39, 0.29) is 30.1 Å². The van der Waals surface area contributed by atoms with Crippen LogP contribution in [0.5, 0.6) is 11.5 Å². The predicted octanol–water partition coefficient (Wildman–Crippen LogP) is 3.02. The summed E-state index contributed by atoms with van der Waals surface area (Å²) < 4.78 is 10.4. The van der Waals surface area contributed by atoms with Gasteiger partial charge in [0.1, 0.15) is 0 Å². The number of carbonyl (C=O) groups is 2. The average molecular weight is 400 g/mol. The average Bonchev–Trinajstić information content (AvgIpc) is 2.54. The highest BCUT2D eigenvalue weighted by Crippen LogP contribution is 2.35. The normalized spacial score (nSPS) is 12.0. The van der Waals surface area contributed by atoms with Gasteiger partial charge in [0, 0.05) is 12.1 Å². The van der Waals surface area contributed by atoms with Gasteiger partial charge in [-0.25, -0.2) is 4.79 Å². The van der Waals surface area contributed by atoms with Crippen LogP contribution in [0.15, 0.2) is 22.7 Å². The van der Waals surface area contributed by atoms with Crippen molar-refractivity contribution in [2.24, 2.45) is 0 Å². The maximum absolute atomic E-state index is 11.7. The lowest BCUT2D eigenvalue weighted by Crippen LogP contribution is -2.35. The Morgan fingerprint density at radius 2 is 2.12 bits per heavy atom. The monoisotopic (exact) mass is 399 g/mol. The third-order valence-corrected chi connectivity index (χ3v) is 3.76. The van der Waals surface area contributed by atoms with E-state index >= 15 is 0 Å². The Morgan fingerprint density at radius 3 is 2.75 bits per heavy atom. The molecule has 0 saturated heterocycles. The van der Waals surface area contributed by atoms with Crippen LogP contribution in [0.4, 0.5) is 0 Å². The first-order valence-electron chi connectivity index (χ1n) is 7.58. The highest BCUT2D eigenvalue weighted by atomic mass is 79.9. The van der Waals surface area contributed by atoms with Gasteiger partial charge in [-0.15, -0.1) is 0 Å². The van der Waals surface area contributed by atoms with Crippen molar-refractivity contribution in [1.82, 2.24) is 5.32 Å². The van der Waals surface area contributed by atoms with Gasteiger partial charge in [-0.2, -0.15) is 0 Å². The third-order valence-electron chi connectivity index (χ3n) is 3.16. The molecule has 7 heteroatoms. The van der Waals surface area contributed by atoms with Crippen molar-refractivity contribution in [3.05, 3.63) is 28.2 Å². The highest BCUT2D eigenvalue weighted by molar-refractivity contribution is 9.10. The van der Waals surface area contributed by atoms with E-state index in [4.69, 9.17) is 9.47 Å². The van der Waals surface area contributed by atoms with E-state index in [0.717, 1.165) is 12.8 Å². The molecule has 6 nitrogen and oxygen atoms in total. The van der Waals surface area contributed by atoms with E-state index in [9.17, 15) is 14.7 Å². The molecule has 1 aromatic rings. The van der Waals surface area contributed by atoms with Crippen molar-refractivity contribution in [2.45, 2.75) is 32.7 Å². The molecule has 132 valence electrons. The third kappa shape index (κ3) is 6.62. The summed E-state index contributed by atoms with van der Waals surface area (Å²) in [5.41, 5.74) is 0.634. The standard InChI is InChI=1S/C17H22BrNO5/c1-4-5-11(2)19-15(20)10-24-16(21)7-6-12-8-13(18)17(22)14(9-12)23-3/h6-9,11,22H,4-5,10H2,1-3H3,(H,19,20)/b7-6+/t11-/m1/s1. The summed E-state index contributed by atoms with van der Waals surface area (Å²) in [7, 11) is 1.43. The van der Waals surface area contributed by atoms with Crippen LogP contribution in [0.2, 0.25) is 0 Å². The van der Waals surface area contributed by atoms with E-state index in [1.807, 2.05) is 13.8 Å². The van der Waals surface area contributed by atoms with Gasteiger partial charge >= 0.3 is 5.97 Å². The topological polar surface area (TPSA) is 84.9 Å². The molecule has 1 amide bonds. The summed E-state index contributed by atoms with van der Waals surface area (Å²) in [6.45, 7) is 3.61. The first-order valence-corrected chi connectivity index (χ1v) is 8.37. The molecule has 1 atom stereocenters. The first-order chi connectivity index (χ1) is 11.4. The second-order valence-corrected chi connectivity index (χ2v) is 6.11. The van der Waals surface area contributed by atoms with Crippen molar-refractivity contribution in [1.29, 1.82) is 0 Å². The zero-order chi connectivity index (χ0) is 18.1. The lowest BCUT2D eigenvalue weighted by atomic mass is 10.2. The van der Waals surface area contributed by atoms with Gasteiger partial charge in [0.2, 0.25) is 0 Å². The molecule has 24 heavy (non-hydrogen) atoms. The molecular formula is C17H22BrNO5. The fourth-order valence-electron chi connectivity index (χ4n) is 2.02. The van der Waals surface area contributed by atoms with E-state index < -0.39 is 5.97 Å². The van der Waals surface area contributed by atoms with Gasteiger partial charge in [-0.3, -0.25) is 4.79 Å². The second-order valence-electron chi connectivity index (χ2n) is 5.25. The number of nitrogens with one attached hydrogen (secondary N) is 1. The first kappa shape index (κ1) is 20.0. The highest BCUT2D eigenvalue weighted by Gasteiger charge is 2.09.